The fraction of sp³-hybridized carbons (Fsp3) is 0.176. The van der Waals surface area contributed by atoms with Crippen LogP contribution in [0.1, 0.15) is 18.2 Å². The van der Waals surface area contributed by atoms with Gasteiger partial charge in [-0.1, -0.05) is 22.8 Å². The number of carbonyl (C=O) groups is 1. The van der Waals surface area contributed by atoms with E-state index in [1.54, 1.807) is 29.4 Å². The first-order valence-electron chi connectivity index (χ1n) is 7.50. The summed E-state index contributed by atoms with van der Waals surface area (Å²) in [6.45, 7) is 0.497. The first-order chi connectivity index (χ1) is 11.7. The minimum absolute atomic E-state index is 0.0194. The minimum atomic E-state index is -0.125. The predicted molar refractivity (Wildman–Crippen MR) is 88.7 cm³/mol. The van der Waals surface area contributed by atoms with E-state index in [1.165, 1.54) is 0 Å². The Hall–Kier alpha value is -2.73. The first kappa shape index (κ1) is 14.8. The number of hydrogen-bond acceptors (Lipinski definition) is 5. The zero-order valence-electron chi connectivity index (χ0n) is 12.6. The Bertz CT molecular complexity index is 881. The second-order valence-electron chi connectivity index (χ2n) is 5.58. The Kier molecular flexibility index (Phi) is 3.74. The van der Waals surface area contributed by atoms with Crippen molar-refractivity contribution in [2.24, 2.45) is 0 Å². The van der Waals surface area contributed by atoms with Crippen LogP contribution in [0.2, 0.25) is 5.02 Å². The molecule has 0 unspecified atom stereocenters. The lowest BCUT2D eigenvalue weighted by molar-refractivity contribution is -0.117. The second kappa shape index (κ2) is 6.05. The molecule has 1 aliphatic rings. The quantitative estimate of drug-likeness (QED) is 0.731. The van der Waals surface area contributed by atoms with Crippen LogP contribution in [0.15, 0.2) is 53.3 Å². The summed E-state index contributed by atoms with van der Waals surface area (Å²) in [5.41, 5.74) is 1.61. The number of halogens is 1. The van der Waals surface area contributed by atoms with E-state index in [0.29, 0.717) is 29.7 Å². The van der Waals surface area contributed by atoms with Crippen LogP contribution in [0.25, 0.3) is 11.4 Å². The molecular formula is C17H13ClN4O2. The Morgan fingerprint density at radius 2 is 2.04 bits per heavy atom. The molecule has 1 saturated heterocycles. The first-order valence-corrected chi connectivity index (χ1v) is 7.88. The van der Waals surface area contributed by atoms with Crippen molar-refractivity contribution in [1.29, 1.82) is 0 Å². The molecule has 1 aliphatic heterocycles. The Morgan fingerprint density at radius 3 is 2.83 bits per heavy atom. The normalized spacial score (nSPS) is 17.5. The van der Waals surface area contributed by atoms with Crippen molar-refractivity contribution >= 4 is 23.2 Å². The summed E-state index contributed by atoms with van der Waals surface area (Å²) >= 11 is 6.01. The number of anilines is 1. The summed E-state index contributed by atoms with van der Waals surface area (Å²) in [5, 5.41) is 4.60. The Balaban J connectivity index is 1.56. The SMILES string of the molecule is O=C1C[C@@H](c2nc(-c3ccncc3)no2)CN1c1cccc(Cl)c1. The lowest BCUT2D eigenvalue weighted by atomic mass is 10.1. The highest BCUT2D eigenvalue weighted by Crippen LogP contribution is 2.32. The van der Waals surface area contributed by atoms with Crippen LogP contribution in [-0.4, -0.2) is 27.6 Å². The van der Waals surface area contributed by atoms with Crippen LogP contribution < -0.4 is 4.90 Å². The van der Waals surface area contributed by atoms with Gasteiger partial charge in [0.25, 0.3) is 0 Å². The molecule has 0 saturated carbocycles. The molecule has 1 fully saturated rings. The fourth-order valence-corrected chi connectivity index (χ4v) is 2.97. The number of rotatable bonds is 3. The summed E-state index contributed by atoms with van der Waals surface area (Å²) in [6, 6.07) is 10.9. The molecule has 24 heavy (non-hydrogen) atoms. The zero-order chi connectivity index (χ0) is 16.5. The molecule has 0 bridgehead atoms. The standard InChI is InChI=1S/C17H13ClN4O2/c18-13-2-1-3-14(9-13)22-10-12(8-15(22)23)17-20-16(21-24-17)11-4-6-19-7-5-11/h1-7,9,12H,8,10H2/t12-/m1/s1. The van der Waals surface area contributed by atoms with Crippen LogP contribution >= 0.6 is 11.6 Å². The van der Waals surface area contributed by atoms with Gasteiger partial charge in [0.15, 0.2) is 0 Å². The van der Waals surface area contributed by atoms with E-state index < -0.39 is 0 Å². The number of aromatic nitrogens is 3. The van der Waals surface area contributed by atoms with Crippen molar-refractivity contribution < 1.29 is 9.32 Å². The van der Waals surface area contributed by atoms with Gasteiger partial charge in [0.1, 0.15) is 0 Å². The highest BCUT2D eigenvalue weighted by molar-refractivity contribution is 6.30. The van der Waals surface area contributed by atoms with Gasteiger partial charge in [-0.3, -0.25) is 9.78 Å². The number of carbonyl (C=O) groups excluding carboxylic acids is 1. The van der Waals surface area contributed by atoms with Gasteiger partial charge < -0.3 is 9.42 Å². The molecule has 0 N–H and O–H groups in total. The number of hydrogen-bond donors (Lipinski definition) is 0. The highest BCUT2D eigenvalue weighted by Gasteiger charge is 2.35. The Morgan fingerprint density at radius 1 is 1.21 bits per heavy atom. The monoisotopic (exact) mass is 340 g/mol. The van der Waals surface area contributed by atoms with E-state index in [1.807, 2.05) is 24.3 Å². The molecule has 3 heterocycles. The van der Waals surface area contributed by atoms with E-state index in [2.05, 4.69) is 15.1 Å². The molecule has 4 rings (SSSR count). The summed E-state index contributed by atoms with van der Waals surface area (Å²) < 4.78 is 5.37. The van der Waals surface area contributed by atoms with Gasteiger partial charge in [-0.25, -0.2) is 0 Å². The van der Waals surface area contributed by atoms with Gasteiger partial charge in [-0.15, -0.1) is 0 Å². The van der Waals surface area contributed by atoms with Crippen LogP contribution in [0.3, 0.4) is 0 Å². The maximum atomic E-state index is 12.3. The van der Waals surface area contributed by atoms with E-state index in [-0.39, 0.29) is 11.8 Å². The lowest BCUT2D eigenvalue weighted by Crippen LogP contribution is -2.24. The van der Waals surface area contributed by atoms with Gasteiger partial charge >= 0.3 is 0 Å². The lowest BCUT2D eigenvalue weighted by Gasteiger charge is -2.16. The number of amides is 1. The van der Waals surface area contributed by atoms with Crippen molar-refractivity contribution in [3.05, 3.63) is 59.7 Å². The van der Waals surface area contributed by atoms with E-state index in [9.17, 15) is 4.79 Å². The molecule has 1 aromatic carbocycles. The summed E-state index contributed by atoms with van der Waals surface area (Å²) in [7, 11) is 0. The smallest absolute Gasteiger partial charge is 0.232 e. The van der Waals surface area contributed by atoms with E-state index in [0.717, 1.165) is 11.3 Å². The molecule has 120 valence electrons. The average Bonchev–Trinajstić information content (AvgIpc) is 3.22. The maximum Gasteiger partial charge on any atom is 0.232 e. The minimum Gasteiger partial charge on any atom is -0.339 e. The average molecular weight is 341 g/mol. The molecule has 0 aliphatic carbocycles. The molecule has 1 atom stereocenters. The second-order valence-corrected chi connectivity index (χ2v) is 6.01. The van der Waals surface area contributed by atoms with Gasteiger partial charge in [-0.05, 0) is 30.3 Å². The van der Waals surface area contributed by atoms with Gasteiger partial charge in [0, 0.05) is 41.6 Å². The molecule has 1 amide bonds. The third kappa shape index (κ3) is 2.76. The number of pyridine rings is 1. The van der Waals surface area contributed by atoms with Crippen LogP contribution in [0, 0.1) is 0 Å². The van der Waals surface area contributed by atoms with Gasteiger partial charge in [-0.2, -0.15) is 4.98 Å². The largest absolute Gasteiger partial charge is 0.339 e. The van der Waals surface area contributed by atoms with Crippen LogP contribution in [-0.2, 0) is 4.79 Å². The third-order valence-electron chi connectivity index (χ3n) is 3.97. The molecule has 0 radical (unpaired) electrons. The van der Waals surface area contributed by atoms with Crippen molar-refractivity contribution in [1.82, 2.24) is 15.1 Å². The van der Waals surface area contributed by atoms with Gasteiger partial charge in [0.2, 0.25) is 17.6 Å². The molecule has 2 aromatic heterocycles. The highest BCUT2D eigenvalue weighted by atomic mass is 35.5. The van der Waals surface area contributed by atoms with Crippen molar-refractivity contribution in [2.75, 3.05) is 11.4 Å². The Labute approximate surface area is 143 Å². The number of benzene rings is 1. The van der Waals surface area contributed by atoms with Crippen LogP contribution in [0.4, 0.5) is 5.69 Å². The molecule has 0 spiro atoms. The fourth-order valence-electron chi connectivity index (χ4n) is 2.79. The van der Waals surface area contributed by atoms with E-state index >= 15 is 0 Å². The predicted octanol–water partition coefficient (Wildman–Crippen LogP) is 3.31. The number of nitrogens with zero attached hydrogens (tertiary/aromatic N) is 4. The van der Waals surface area contributed by atoms with Crippen molar-refractivity contribution in [3.63, 3.8) is 0 Å². The molecular weight excluding hydrogens is 328 g/mol. The summed E-state index contributed by atoms with van der Waals surface area (Å²) in [6.07, 6.45) is 3.68. The van der Waals surface area contributed by atoms with Gasteiger partial charge in [0.05, 0.1) is 5.92 Å². The molecule has 7 heteroatoms. The zero-order valence-corrected chi connectivity index (χ0v) is 13.3. The molecule has 6 nitrogen and oxygen atoms in total. The van der Waals surface area contributed by atoms with Crippen LogP contribution in [0.5, 0.6) is 0 Å². The van der Waals surface area contributed by atoms with Crippen molar-refractivity contribution in [3.8, 4) is 11.4 Å². The maximum absolute atomic E-state index is 12.3. The summed E-state index contributed by atoms with van der Waals surface area (Å²) in [4.78, 5) is 22.4. The summed E-state index contributed by atoms with van der Waals surface area (Å²) in [5.74, 6) is 0.867. The third-order valence-corrected chi connectivity index (χ3v) is 4.21. The van der Waals surface area contributed by atoms with Crippen molar-refractivity contribution in [2.45, 2.75) is 12.3 Å². The molecule has 3 aromatic rings. The van der Waals surface area contributed by atoms with E-state index in [4.69, 9.17) is 16.1 Å². The topological polar surface area (TPSA) is 72.1 Å².